The highest BCUT2D eigenvalue weighted by atomic mass is 32.2. The van der Waals surface area contributed by atoms with Crippen molar-refractivity contribution in [1.29, 1.82) is 0 Å². The van der Waals surface area contributed by atoms with Crippen LogP contribution in [0.25, 0.3) is 0 Å². The first kappa shape index (κ1) is 22.8. The molecule has 2 heterocycles. The van der Waals surface area contributed by atoms with E-state index in [1.165, 1.54) is 43.7 Å². The summed E-state index contributed by atoms with van der Waals surface area (Å²) in [6.45, 7) is 4.40. The molecule has 2 fully saturated rings. The van der Waals surface area contributed by atoms with Crippen LogP contribution in [0.4, 0.5) is 13.2 Å². The van der Waals surface area contributed by atoms with Crippen LogP contribution in [0.3, 0.4) is 0 Å². The Morgan fingerprint density at radius 3 is 2.14 bits per heavy atom. The zero-order valence-electron chi connectivity index (χ0n) is 15.8. The van der Waals surface area contributed by atoms with Crippen molar-refractivity contribution in [1.82, 2.24) is 4.90 Å². The number of rotatable bonds is 4. The summed E-state index contributed by atoms with van der Waals surface area (Å²) >= 11 is 2.03. The molecule has 1 N–H and O–H groups in total. The molecular weight excluding hydrogens is 395 g/mol. The molecule has 0 unspecified atom stereocenters. The standard InChI is InChI=1S/C17H25NO2S.C2HF3O2/c1-19-15-2-4-16(5-3-15)21-17-6-10-18(11-7-17)14-8-12-20-13-9-14;3-2(4,5)1(6)7/h2-5,14,17H,6-13H2,1H3;(H,6,7). The van der Waals surface area contributed by atoms with Crippen molar-refractivity contribution in [2.24, 2.45) is 0 Å². The van der Waals surface area contributed by atoms with E-state index in [1.807, 2.05) is 11.8 Å². The first-order valence-corrected chi connectivity index (χ1v) is 10.1. The number of benzene rings is 1. The molecule has 1 aromatic carbocycles. The van der Waals surface area contributed by atoms with Gasteiger partial charge in [-0.1, -0.05) is 0 Å². The predicted octanol–water partition coefficient (Wildman–Crippen LogP) is 4.06. The number of nitrogens with zero attached hydrogens (tertiary/aromatic N) is 1. The first-order valence-electron chi connectivity index (χ1n) is 9.22. The fourth-order valence-electron chi connectivity index (χ4n) is 3.26. The van der Waals surface area contributed by atoms with Gasteiger partial charge in [-0.15, -0.1) is 11.8 Å². The van der Waals surface area contributed by atoms with E-state index >= 15 is 0 Å². The number of ether oxygens (including phenoxy) is 2. The maximum absolute atomic E-state index is 10.6. The summed E-state index contributed by atoms with van der Waals surface area (Å²) in [6.07, 6.45) is -0.0469. The number of hydrogen-bond donors (Lipinski definition) is 1. The van der Waals surface area contributed by atoms with E-state index in [1.54, 1.807) is 7.11 Å². The summed E-state index contributed by atoms with van der Waals surface area (Å²) in [6, 6.07) is 9.23. The molecule has 2 aliphatic rings. The lowest BCUT2D eigenvalue weighted by Crippen LogP contribution is -2.44. The van der Waals surface area contributed by atoms with Gasteiger partial charge in [0, 0.05) is 29.4 Å². The van der Waals surface area contributed by atoms with Crippen LogP contribution in [0.2, 0.25) is 0 Å². The number of halogens is 3. The van der Waals surface area contributed by atoms with Crippen molar-refractivity contribution in [3.05, 3.63) is 24.3 Å². The third-order valence-corrected chi connectivity index (χ3v) is 6.14. The van der Waals surface area contributed by atoms with E-state index in [9.17, 15) is 13.2 Å². The SMILES string of the molecule is COc1ccc(SC2CCN(C3CCOCC3)CC2)cc1.O=C(O)C(F)(F)F. The molecule has 2 saturated heterocycles. The number of methoxy groups -OCH3 is 1. The molecule has 3 rings (SSSR count). The van der Waals surface area contributed by atoms with E-state index in [4.69, 9.17) is 19.4 Å². The van der Waals surface area contributed by atoms with Crippen LogP contribution in [0.1, 0.15) is 25.7 Å². The fraction of sp³-hybridized carbons (Fsp3) is 0.632. The van der Waals surface area contributed by atoms with Gasteiger partial charge in [-0.05, 0) is 63.0 Å². The van der Waals surface area contributed by atoms with Gasteiger partial charge < -0.3 is 19.5 Å². The number of carbonyl (C=O) groups is 1. The highest BCUT2D eigenvalue weighted by Crippen LogP contribution is 2.32. The van der Waals surface area contributed by atoms with Gasteiger partial charge in [0.05, 0.1) is 7.11 Å². The lowest BCUT2D eigenvalue weighted by molar-refractivity contribution is -0.192. The van der Waals surface area contributed by atoms with Crippen LogP contribution >= 0.6 is 11.8 Å². The molecule has 2 aliphatic heterocycles. The normalized spacial score (nSPS) is 19.6. The molecule has 5 nitrogen and oxygen atoms in total. The molecule has 0 bridgehead atoms. The highest BCUT2D eigenvalue weighted by Gasteiger charge is 2.38. The Morgan fingerprint density at radius 2 is 1.68 bits per heavy atom. The summed E-state index contributed by atoms with van der Waals surface area (Å²) in [5, 5.41) is 7.88. The van der Waals surface area contributed by atoms with Crippen LogP contribution in [0, 0.1) is 0 Å². The van der Waals surface area contributed by atoms with Crippen LogP contribution in [0.15, 0.2) is 29.2 Å². The maximum atomic E-state index is 10.6. The number of thioether (sulfide) groups is 1. The van der Waals surface area contributed by atoms with Crippen molar-refractivity contribution in [2.75, 3.05) is 33.4 Å². The Bertz CT molecular complexity index is 598. The molecule has 0 spiro atoms. The molecule has 0 aliphatic carbocycles. The Balaban J connectivity index is 0.000000345. The highest BCUT2D eigenvalue weighted by molar-refractivity contribution is 8.00. The van der Waals surface area contributed by atoms with Gasteiger partial charge in [0.25, 0.3) is 0 Å². The minimum absolute atomic E-state index is 0.759. The van der Waals surface area contributed by atoms with E-state index in [2.05, 4.69) is 29.2 Å². The van der Waals surface area contributed by atoms with Gasteiger partial charge in [-0.3, -0.25) is 0 Å². The number of likely N-dealkylation sites (tertiary alicyclic amines) is 1. The summed E-state index contributed by atoms with van der Waals surface area (Å²) in [7, 11) is 1.72. The summed E-state index contributed by atoms with van der Waals surface area (Å²) in [4.78, 5) is 12.9. The number of alkyl halides is 3. The van der Waals surface area contributed by atoms with E-state index < -0.39 is 12.1 Å². The smallest absolute Gasteiger partial charge is 0.490 e. The van der Waals surface area contributed by atoms with Gasteiger partial charge in [0.15, 0.2) is 0 Å². The quantitative estimate of drug-likeness (QED) is 0.791. The van der Waals surface area contributed by atoms with Crippen LogP contribution < -0.4 is 4.74 Å². The van der Waals surface area contributed by atoms with Gasteiger partial charge in [-0.2, -0.15) is 13.2 Å². The molecule has 0 atom stereocenters. The van der Waals surface area contributed by atoms with E-state index in [0.29, 0.717) is 0 Å². The lowest BCUT2D eigenvalue weighted by Gasteiger charge is -2.39. The van der Waals surface area contributed by atoms with Crippen molar-refractivity contribution in [2.45, 2.75) is 48.0 Å². The van der Waals surface area contributed by atoms with Crippen LogP contribution in [0.5, 0.6) is 5.75 Å². The predicted molar refractivity (Wildman–Crippen MR) is 101 cm³/mol. The Labute approximate surface area is 167 Å². The zero-order valence-corrected chi connectivity index (χ0v) is 16.6. The molecule has 1 aromatic rings. The molecule has 9 heteroatoms. The topological polar surface area (TPSA) is 59.0 Å². The van der Waals surface area contributed by atoms with E-state index in [-0.39, 0.29) is 0 Å². The number of hydrogen-bond acceptors (Lipinski definition) is 5. The molecule has 0 aromatic heterocycles. The molecular formula is C19H26F3NO4S. The second kappa shape index (κ2) is 10.9. The van der Waals surface area contributed by atoms with Crippen molar-refractivity contribution >= 4 is 17.7 Å². The average Bonchev–Trinajstić information content (AvgIpc) is 2.69. The molecule has 28 heavy (non-hydrogen) atoms. The minimum atomic E-state index is -5.08. The second-order valence-electron chi connectivity index (χ2n) is 6.68. The first-order chi connectivity index (χ1) is 13.3. The van der Waals surface area contributed by atoms with Gasteiger partial charge in [0.1, 0.15) is 5.75 Å². The van der Waals surface area contributed by atoms with Gasteiger partial charge in [-0.25, -0.2) is 4.79 Å². The number of piperidine rings is 1. The Hall–Kier alpha value is -1.45. The molecule has 0 amide bonds. The summed E-state index contributed by atoms with van der Waals surface area (Å²) in [5.74, 6) is -1.82. The minimum Gasteiger partial charge on any atom is -0.497 e. The molecule has 0 radical (unpaired) electrons. The fourth-order valence-corrected chi connectivity index (χ4v) is 4.38. The summed E-state index contributed by atoms with van der Waals surface area (Å²) < 4.78 is 42.4. The largest absolute Gasteiger partial charge is 0.497 e. The Morgan fingerprint density at radius 1 is 1.14 bits per heavy atom. The third-order valence-electron chi connectivity index (χ3n) is 4.79. The van der Waals surface area contributed by atoms with Crippen LogP contribution in [-0.2, 0) is 9.53 Å². The second-order valence-corrected chi connectivity index (χ2v) is 8.05. The van der Waals surface area contributed by atoms with Crippen LogP contribution in [-0.4, -0.2) is 66.9 Å². The van der Waals surface area contributed by atoms with Gasteiger partial charge in [0.2, 0.25) is 0 Å². The Kier molecular flexibility index (Phi) is 8.91. The van der Waals surface area contributed by atoms with Gasteiger partial charge >= 0.3 is 12.1 Å². The number of carboxylic acids is 1. The lowest BCUT2D eigenvalue weighted by atomic mass is 10.0. The molecule has 158 valence electrons. The van der Waals surface area contributed by atoms with E-state index in [0.717, 1.165) is 30.3 Å². The average molecular weight is 421 g/mol. The maximum Gasteiger partial charge on any atom is 0.490 e. The number of carboxylic acid groups (broad SMARTS) is 1. The van der Waals surface area contributed by atoms with Crippen molar-refractivity contribution < 1.29 is 32.5 Å². The summed E-state index contributed by atoms with van der Waals surface area (Å²) in [5.41, 5.74) is 0. The third kappa shape index (κ3) is 7.52. The molecule has 0 saturated carbocycles. The zero-order chi connectivity index (χ0) is 20.6. The monoisotopic (exact) mass is 421 g/mol. The van der Waals surface area contributed by atoms with Crippen molar-refractivity contribution in [3.63, 3.8) is 0 Å². The number of aliphatic carboxylic acids is 1. The van der Waals surface area contributed by atoms with Crippen molar-refractivity contribution in [3.8, 4) is 5.75 Å².